The maximum Gasteiger partial charge on any atom is 0.0562 e. The molecule has 1 saturated carbocycles. The number of aromatic nitrogens is 1. The molecule has 1 N–H and O–H groups in total. The Bertz CT molecular complexity index is 347. The molecule has 0 aromatic carbocycles. The highest BCUT2D eigenvalue weighted by molar-refractivity contribution is 5.48. The maximum absolute atomic E-state index is 4.42. The van der Waals surface area contributed by atoms with Crippen LogP contribution in [-0.4, -0.2) is 24.1 Å². The molecule has 1 fully saturated rings. The first-order chi connectivity index (χ1) is 8.35. The third-order valence-corrected chi connectivity index (χ3v) is 3.19. The lowest BCUT2D eigenvalue weighted by atomic mass is 10.2. The summed E-state index contributed by atoms with van der Waals surface area (Å²) in [5, 5.41) is 3.40. The van der Waals surface area contributed by atoms with Gasteiger partial charge in [0.25, 0.3) is 0 Å². The molecular weight excluding hydrogens is 210 g/mol. The highest BCUT2D eigenvalue weighted by Crippen LogP contribution is 2.31. The van der Waals surface area contributed by atoms with E-state index in [-0.39, 0.29) is 0 Å². The monoisotopic (exact) mass is 233 g/mol. The van der Waals surface area contributed by atoms with Gasteiger partial charge in [0.2, 0.25) is 0 Å². The zero-order valence-electron chi connectivity index (χ0n) is 10.9. The van der Waals surface area contributed by atoms with Gasteiger partial charge in [0.15, 0.2) is 0 Å². The van der Waals surface area contributed by atoms with Crippen LogP contribution in [0.1, 0.15) is 38.8 Å². The second-order valence-electron chi connectivity index (χ2n) is 4.70. The molecule has 3 heteroatoms. The Morgan fingerprint density at radius 2 is 2.24 bits per heavy atom. The zero-order valence-corrected chi connectivity index (χ0v) is 10.9. The van der Waals surface area contributed by atoms with E-state index in [1.54, 1.807) is 0 Å². The molecule has 3 nitrogen and oxygen atoms in total. The van der Waals surface area contributed by atoms with Crippen molar-refractivity contribution in [3.8, 4) is 0 Å². The topological polar surface area (TPSA) is 28.2 Å². The lowest BCUT2D eigenvalue weighted by molar-refractivity contribution is 0.663. The Morgan fingerprint density at radius 3 is 2.88 bits per heavy atom. The number of pyridine rings is 1. The van der Waals surface area contributed by atoms with Crippen molar-refractivity contribution >= 4 is 5.69 Å². The fraction of sp³-hybridized carbons (Fsp3) is 0.643. The molecule has 0 bridgehead atoms. The van der Waals surface area contributed by atoms with Crippen molar-refractivity contribution in [1.82, 2.24) is 10.3 Å². The van der Waals surface area contributed by atoms with Crippen LogP contribution < -0.4 is 10.2 Å². The Labute approximate surface area is 104 Å². The van der Waals surface area contributed by atoms with E-state index in [1.807, 2.05) is 6.20 Å². The summed E-state index contributed by atoms with van der Waals surface area (Å²) in [6, 6.07) is 5.13. The van der Waals surface area contributed by atoms with Gasteiger partial charge < -0.3 is 10.2 Å². The van der Waals surface area contributed by atoms with Crippen molar-refractivity contribution in [2.75, 3.05) is 18.0 Å². The molecule has 0 atom stereocenters. The molecule has 0 aliphatic heterocycles. The summed E-state index contributed by atoms with van der Waals surface area (Å²) in [7, 11) is 0. The molecule has 94 valence electrons. The van der Waals surface area contributed by atoms with E-state index in [9.17, 15) is 0 Å². The Balaban J connectivity index is 1.99. The average molecular weight is 233 g/mol. The van der Waals surface area contributed by atoms with E-state index in [2.05, 4.69) is 41.2 Å². The molecule has 0 saturated heterocycles. The number of nitrogens with zero attached hydrogens (tertiary/aromatic N) is 2. The molecule has 1 aromatic heterocycles. The number of rotatable bonds is 7. The summed E-state index contributed by atoms with van der Waals surface area (Å²) in [5.41, 5.74) is 2.48. The van der Waals surface area contributed by atoms with Crippen LogP contribution in [0.25, 0.3) is 0 Å². The number of nitrogens with one attached hydrogen (secondary N) is 1. The van der Waals surface area contributed by atoms with E-state index in [0.717, 1.165) is 31.4 Å². The SMILES string of the molecule is CCCNCc1cc(N(CC)C2CC2)ccn1. The standard InChI is InChI=1S/C14H23N3/c1-3-8-15-11-12-10-14(7-9-16-12)17(4-2)13-5-6-13/h7,9-10,13,15H,3-6,8,11H2,1-2H3. The molecule has 0 radical (unpaired) electrons. The first-order valence-corrected chi connectivity index (χ1v) is 6.77. The summed E-state index contributed by atoms with van der Waals surface area (Å²) in [6.07, 6.45) is 5.80. The highest BCUT2D eigenvalue weighted by atomic mass is 15.2. The third-order valence-electron chi connectivity index (χ3n) is 3.19. The molecule has 17 heavy (non-hydrogen) atoms. The Hall–Kier alpha value is -1.09. The molecular formula is C14H23N3. The first kappa shape index (κ1) is 12.4. The van der Waals surface area contributed by atoms with Gasteiger partial charge >= 0.3 is 0 Å². The predicted molar refractivity (Wildman–Crippen MR) is 72.3 cm³/mol. The zero-order chi connectivity index (χ0) is 12.1. The van der Waals surface area contributed by atoms with Gasteiger partial charge in [-0.1, -0.05) is 6.92 Å². The van der Waals surface area contributed by atoms with E-state index in [4.69, 9.17) is 0 Å². The molecule has 1 aliphatic rings. The van der Waals surface area contributed by atoms with Gasteiger partial charge in [-0.3, -0.25) is 4.98 Å². The summed E-state index contributed by atoms with van der Waals surface area (Å²) < 4.78 is 0. The van der Waals surface area contributed by atoms with E-state index >= 15 is 0 Å². The van der Waals surface area contributed by atoms with Gasteiger partial charge in [-0.15, -0.1) is 0 Å². The second-order valence-corrected chi connectivity index (χ2v) is 4.70. The van der Waals surface area contributed by atoms with E-state index in [1.165, 1.54) is 24.9 Å². The third kappa shape index (κ3) is 3.43. The van der Waals surface area contributed by atoms with Gasteiger partial charge in [-0.05, 0) is 44.9 Å². The lowest BCUT2D eigenvalue weighted by Gasteiger charge is -2.23. The first-order valence-electron chi connectivity index (χ1n) is 6.77. The minimum absolute atomic E-state index is 0.777. The van der Waals surface area contributed by atoms with Crippen LogP contribution in [-0.2, 0) is 6.54 Å². The van der Waals surface area contributed by atoms with Gasteiger partial charge in [-0.25, -0.2) is 0 Å². The average Bonchev–Trinajstić information content (AvgIpc) is 3.16. The predicted octanol–water partition coefficient (Wildman–Crippen LogP) is 2.57. The van der Waals surface area contributed by atoms with Gasteiger partial charge in [0, 0.05) is 31.0 Å². The number of hydrogen-bond acceptors (Lipinski definition) is 3. The normalized spacial score (nSPS) is 14.9. The van der Waals surface area contributed by atoms with Crippen LogP contribution in [0.3, 0.4) is 0 Å². The quantitative estimate of drug-likeness (QED) is 0.734. The fourth-order valence-corrected chi connectivity index (χ4v) is 2.17. The molecule has 1 aliphatic carbocycles. The van der Waals surface area contributed by atoms with E-state index < -0.39 is 0 Å². The van der Waals surface area contributed by atoms with E-state index in [0.29, 0.717) is 0 Å². The fourth-order valence-electron chi connectivity index (χ4n) is 2.17. The minimum Gasteiger partial charge on any atom is -0.369 e. The highest BCUT2D eigenvalue weighted by Gasteiger charge is 2.28. The molecule has 1 aromatic rings. The summed E-state index contributed by atoms with van der Waals surface area (Å²) >= 11 is 0. The van der Waals surface area contributed by atoms with Crippen LogP contribution in [0.4, 0.5) is 5.69 Å². The molecule has 2 rings (SSSR count). The number of hydrogen-bond donors (Lipinski definition) is 1. The van der Waals surface area contributed by atoms with Gasteiger partial charge in [0.05, 0.1) is 5.69 Å². The lowest BCUT2D eigenvalue weighted by Crippen LogP contribution is -2.25. The smallest absolute Gasteiger partial charge is 0.0562 e. The molecule has 0 amide bonds. The maximum atomic E-state index is 4.42. The Kier molecular flexibility index (Phi) is 4.37. The molecule has 0 unspecified atom stereocenters. The molecule has 1 heterocycles. The summed E-state index contributed by atoms with van der Waals surface area (Å²) in [5.74, 6) is 0. The van der Waals surface area contributed by atoms with Crippen molar-refractivity contribution in [3.63, 3.8) is 0 Å². The minimum atomic E-state index is 0.777. The van der Waals surface area contributed by atoms with Crippen LogP contribution in [0, 0.1) is 0 Å². The van der Waals surface area contributed by atoms with Crippen molar-refractivity contribution in [2.24, 2.45) is 0 Å². The Morgan fingerprint density at radius 1 is 1.41 bits per heavy atom. The van der Waals surface area contributed by atoms with Gasteiger partial charge in [-0.2, -0.15) is 0 Å². The number of anilines is 1. The molecule has 0 spiro atoms. The van der Waals surface area contributed by atoms with Crippen molar-refractivity contribution in [1.29, 1.82) is 0 Å². The van der Waals surface area contributed by atoms with Crippen LogP contribution in [0.5, 0.6) is 0 Å². The van der Waals surface area contributed by atoms with Crippen LogP contribution in [0.2, 0.25) is 0 Å². The van der Waals surface area contributed by atoms with Crippen LogP contribution in [0.15, 0.2) is 18.3 Å². The summed E-state index contributed by atoms with van der Waals surface area (Å²) in [4.78, 5) is 6.91. The van der Waals surface area contributed by atoms with Crippen molar-refractivity contribution in [3.05, 3.63) is 24.0 Å². The van der Waals surface area contributed by atoms with Crippen molar-refractivity contribution in [2.45, 2.75) is 45.7 Å². The summed E-state index contributed by atoms with van der Waals surface area (Å²) in [6.45, 7) is 7.45. The second kappa shape index (κ2) is 6.01. The van der Waals surface area contributed by atoms with Gasteiger partial charge in [0.1, 0.15) is 0 Å². The van der Waals surface area contributed by atoms with Crippen molar-refractivity contribution < 1.29 is 0 Å². The largest absolute Gasteiger partial charge is 0.369 e. The van der Waals surface area contributed by atoms with Crippen LogP contribution >= 0.6 is 0 Å².